The van der Waals surface area contributed by atoms with Crippen LogP contribution in [-0.4, -0.2) is 23.1 Å². The predicted molar refractivity (Wildman–Crippen MR) is 87.8 cm³/mol. The van der Waals surface area contributed by atoms with Crippen molar-refractivity contribution >= 4 is 10.9 Å². The monoisotopic (exact) mass is 312 g/mol. The molecule has 0 amide bonds. The van der Waals surface area contributed by atoms with Crippen LogP contribution in [0.25, 0.3) is 16.6 Å². The number of aromatic nitrogens is 1. The van der Waals surface area contributed by atoms with Crippen LogP contribution in [0.15, 0.2) is 42.5 Å². The second kappa shape index (κ2) is 5.46. The van der Waals surface area contributed by atoms with Crippen LogP contribution in [0.2, 0.25) is 0 Å². The van der Waals surface area contributed by atoms with E-state index in [0.717, 1.165) is 42.5 Å². The Hall–Kier alpha value is -2.20. The molecular formula is C19H18F2N2. The Bertz CT molecular complexity index is 865. The third kappa shape index (κ3) is 2.43. The van der Waals surface area contributed by atoms with Crippen LogP contribution < -0.4 is 0 Å². The molecule has 1 aliphatic heterocycles. The first-order chi connectivity index (χ1) is 11.1. The molecule has 3 aromatic rings. The van der Waals surface area contributed by atoms with Gasteiger partial charge in [-0.1, -0.05) is 0 Å². The highest BCUT2D eigenvalue weighted by atomic mass is 19.1. The van der Waals surface area contributed by atoms with Crippen molar-refractivity contribution in [3.63, 3.8) is 0 Å². The zero-order valence-corrected chi connectivity index (χ0v) is 13.0. The molecule has 23 heavy (non-hydrogen) atoms. The third-order valence-corrected chi connectivity index (χ3v) is 4.61. The van der Waals surface area contributed by atoms with Crippen LogP contribution >= 0.6 is 0 Å². The average Bonchev–Trinajstić information content (AvgIpc) is 2.69. The van der Waals surface area contributed by atoms with Crippen LogP contribution in [-0.2, 0) is 13.0 Å². The van der Waals surface area contributed by atoms with Gasteiger partial charge in [-0.05, 0) is 74.5 Å². The lowest BCUT2D eigenvalue weighted by Gasteiger charge is -2.12. The summed E-state index contributed by atoms with van der Waals surface area (Å²) in [5.41, 5.74) is 4.30. The lowest BCUT2D eigenvalue weighted by molar-refractivity contribution is 0.333. The maximum Gasteiger partial charge on any atom is 0.123 e. The van der Waals surface area contributed by atoms with Crippen molar-refractivity contribution < 1.29 is 8.78 Å². The Labute approximate surface area is 133 Å². The predicted octanol–water partition coefficient (Wildman–Crippen LogP) is 4.29. The Morgan fingerprint density at radius 3 is 2.48 bits per heavy atom. The average molecular weight is 312 g/mol. The number of hydrogen-bond donors (Lipinski definition) is 0. The molecule has 0 atom stereocenters. The second-order valence-corrected chi connectivity index (χ2v) is 6.24. The summed E-state index contributed by atoms with van der Waals surface area (Å²) in [4.78, 5) is 2.27. The zero-order valence-electron chi connectivity index (χ0n) is 13.0. The highest BCUT2D eigenvalue weighted by Crippen LogP contribution is 2.33. The molecule has 0 unspecified atom stereocenters. The third-order valence-electron chi connectivity index (χ3n) is 4.61. The fourth-order valence-electron chi connectivity index (χ4n) is 3.57. The minimum absolute atomic E-state index is 0.219. The molecule has 1 aromatic heterocycles. The topological polar surface area (TPSA) is 8.17 Å². The minimum atomic E-state index is -0.248. The first kappa shape index (κ1) is 14.4. The van der Waals surface area contributed by atoms with Gasteiger partial charge >= 0.3 is 0 Å². The molecule has 0 bridgehead atoms. The summed E-state index contributed by atoms with van der Waals surface area (Å²) in [5.74, 6) is -0.467. The molecule has 118 valence electrons. The summed E-state index contributed by atoms with van der Waals surface area (Å²) >= 11 is 0. The fourth-order valence-corrected chi connectivity index (χ4v) is 3.57. The SMILES string of the molecule is CN1CCCc2c(c3cc(F)ccc3n2-c2ccc(F)cc2)C1. The second-order valence-electron chi connectivity index (χ2n) is 6.24. The molecule has 2 aromatic carbocycles. The van der Waals surface area contributed by atoms with Gasteiger partial charge in [0, 0.05) is 23.3 Å². The first-order valence-electron chi connectivity index (χ1n) is 7.89. The molecule has 2 nitrogen and oxygen atoms in total. The molecule has 4 rings (SSSR count). The largest absolute Gasteiger partial charge is 0.313 e. The number of rotatable bonds is 1. The van der Waals surface area contributed by atoms with E-state index in [0.29, 0.717) is 0 Å². The van der Waals surface area contributed by atoms with E-state index < -0.39 is 0 Å². The molecule has 0 spiro atoms. The van der Waals surface area contributed by atoms with E-state index in [-0.39, 0.29) is 11.6 Å². The van der Waals surface area contributed by atoms with E-state index in [2.05, 4.69) is 16.5 Å². The lowest BCUT2D eigenvalue weighted by atomic mass is 10.1. The van der Waals surface area contributed by atoms with Crippen LogP contribution in [0.1, 0.15) is 17.7 Å². The summed E-state index contributed by atoms with van der Waals surface area (Å²) in [6.07, 6.45) is 2.00. The van der Waals surface area contributed by atoms with Gasteiger partial charge in [-0.3, -0.25) is 0 Å². The smallest absolute Gasteiger partial charge is 0.123 e. The van der Waals surface area contributed by atoms with E-state index in [9.17, 15) is 8.78 Å². The molecule has 0 N–H and O–H groups in total. The highest BCUT2D eigenvalue weighted by molar-refractivity contribution is 5.87. The van der Waals surface area contributed by atoms with Crippen molar-refractivity contribution in [2.24, 2.45) is 0 Å². The maximum absolute atomic E-state index is 13.8. The molecule has 0 aliphatic carbocycles. The standard InChI is InChI=1S/C19H18F2N2/c1-22-10-2-3-18-17(12-22)16-11-14(21)6-9-19(16)23(18)15-7-4-13(20)5-8-15/h4-9,11H,2-3,10,12H2,1H3. The quantitative estimate of drug-likeness (QED) is 0.651. The molecule has 0 radical (unpaired) electrons. The Morgan fingerprint density at radius 2 is 1.70 bits per heavy atom. The summed E-state index contributed by atoms with van der Waals surface area (Å²) in [6.45, 7) is 1.83. The fraction of sp³-hybridized carbons (Fsp3) is 0.263. The van der Waals surface area contributed by atoms with Crippen molar-refractivity contribution in [3.05, 3.63) is 65.4 Å². The van der Waals surface area contributed by atoms with E-state index in [4.69, 9.17) is 0 Å². The van der Waals surface area contributed by atoms with Gasteiger partial charge in [0.05, 0.1) is 5.52 Å². The van der Waals surface area contributed by atoms with E-state index in [1.54, 1.807) is 18.2 Å². The number of nitrogens with zero attached hydrogens (tertiary/aromatic N) is 2. The number of fused-ring (bicyclic) bond motifs is 3. The summed E-state index contributed by atoms with van der Waals surface area (Å²) in [7, 11) is 2.09. The van der Waals surface area contributed by atoms with Crippen LogP contribution in [0.4, 0.5) is 8.78 Å². The molecule has 2 heterocycles. The maximum atomic E-state index is 13.8. The number of hydrogen-bond acceptors (Lipinski definition) is 1. The molecular weight excluding hydrogens is 294 g/mol. The summed E-state index contributed by atoms with van der Waals surface area (Å²) in [5, 5.41) is 0.957. The lowest BCUT2D eigenvalue weighted by Crippen LogP contribution is -2.17. The van der Waals surface area contributed by atoms with Crippen molar-refractivity contribution in [2.45, 2.75) is 19.4 Å². The molecule has 0 saturated carbocycles. The first-order valence-corrected chi connectivity index (χ1v) is 7.89. The minimum Gasteiger partial charge on any atom is -0.313 e. The highest BCUT2D eigenvalue weighted by Gasteiger charge is 2.22. The summed E-state index contributed by atoms with van der Waals surface area (Å²) < 4.78 is 29.2. The Morgan fingerprint density at radius 1 is 0.957 bits per heavy atom. The van der Waals surface area contributed by atoms with Gasteiger partial charge < -0.3 is 9.47 Å². The van der Waals surface area contributed by atoms with Crippen molar-refractivity contribution in [3.8, 4) is 5.69 Å². The van der Waals surface area contributed by atoms with Crippen molar-refractivity contribution in [1.82, 2.24) is 9.47 Å². The normalized spacial score (nSPS) is 15.6. The van der Waals surface area contributed by atoms with Crippen LogP contribution in [0.3, 0.4) is 0 Å². The Kier molecular flexibility index (Phi) is 3.42. The van der Waals surface area contributed by atoms with E-state index >= 15 is 0 Å². The number of benzene rings is 2. The van der Waals surface area contributed by atoms with Gasteiger partial charge in [-0.2, -0.15) is 0 Å². The van der Waals surface area contributed by atoms with Gasteiger partial charge in [0.25, 0.3) is 0 Å². The number of halogens is 2. The van der Waals surface area contributed by atoms with Gasteiger partial charge in [0.15, 0.2) is 0 Å². The molecule has 0 fully saturated rings. The van der Waals surface area contributed by atoms with Gasteiger partial charge in [-0.25, -0.2) is 8.78 Å². The van der Waals surface area contributed by atoms with Crippen LogP contribution in [0.5, 0.6) is 0 Å². The van der Waals surface area contributed by atoms with E-state index in [1.807, 2.05) is 6.07 Å². The van der Waals surface area contributed by atoms with Gasteiger partial charge in [-0.15, -0.1) is 0 Å². The van der Waals surface area contributed by atoms with Crippen molar-refractivity contribution in [1.29, 1.82) is 0 Å². The van der Waals surface area contributed by atoms with Crippen molar-refractivity contribution in [2.75, 3.05) is 13.6 Å². The molecule has 1 aliphatic rings. The van der Waals surface area contributed by atoms with Crippen LogP contribution in [0, 0.1) is 11.6 Å². The molecule has 0 saturated heterocycles. The van der Waals surface area contributed by atoms with Gasteiger partial charge in [0.1, 0.15) is 11.6 Å². The molecule has 4 heteroatoms. The van der Waals surface area contributed by atoms with Gasteiger partial charge in [0.2, 0.25) is 0 Å². The zero-order chi connectivity index (χ0) is 16.0. The Balaban J connectivity index is 2.03. The summed E-state index contributed by atoms with van der Waals surface area (Å²) in [6, 6.07) is 11.4. The van der Waals surface area contributed by atoms with E-state index in [1.165, 1.54) is 29.5 Å².